The molecule has 2 aliphatic heterocycles. The van der Waals surface area contributed by atoms with E-state index >= 15 is 0 Å². The number of amides is 2. The molecule has 0 spiro atoms. The Morgan fingerprint density at radius 3 is 2.87 bits per heavy atom. The highest BCUT2D eigenvalue weighted by Crippen LogP contribution is 2.38. The Bertz CT molecular complexity index is 844. The maximum atomic E-state index is 13.6. The minimum absolute atomic E-state index is 0.0179. The molecule has 1 aromatic carbocycles. The van der Waals surface area contributed by atoms with Gasteiger partial charge in [0.05, 0.1) is 11.1 Å². The number of nitrogens with one attached hydrogen (secondary N) is 1. The smallest absolute Gasteiger partial charge is 0.228 e. The Hall–Kier alpha value is -2.48. The molecule has 1 N–H and O–H groups in total. The van der Waals surface area contributed by atoms with E-state index in [1.165, 1.54) is 12.1 Å². The van der Waals surface area contributed by atoms with Crippen LogP contribution in [-0.2, 0) is 14.4 Å². The Kier molecular flexibility index (Phi) is 7.30. The van der Waals surface area contributed by atoms with Gasteiger partial charge in [-0.05, 0) is 46.0 Å². The number of piperidine rings is 1. The number of benzene rings is 1. The van der Waals surface area contributed by atoms with E-state index in [2.05, 4.69) is 10.5 Å². The molecule has 0 unspecified atom stereocenters. The molecule has 0 radical (unpaired) electrons. The van der Waals surface area contributed by atoms with Crippen molar-refractivity contribution >= 4 is 17.5 Å². The average molecular weight is 433 g/mol. The van der Waals surface area contributed by atoms with Gasteiger partial charge in [-0.2, -0.15) is 0 Å². The van der Waals surface area contributed by atoms with E-state index in [9.17, 15) is 14.0 Å². The molecule has 7 nitrogen and oxygen atoms in total. The molecule has 0 aliphatic carbocycles. The van der Waals surface area contributed by atoms with Crippen molar-refractivity contribution < 1.29 is 18.8 Å². The van der Waals surface area contributed by atoms with E-state index in [1.807, 2.05) is 25.9 Å². The Morgan fingerprint density at radius 2 is 2.19 bits per heavy atom. The summed E-state index contributed by atoms with van der Waals surface area (Å²) in [5.74, 6) is -0.392. The third kappa shape index (κ3) is 5.81. The van der Waals surface area contributed by atoms with E-state index in [-0.39, 0.29) is 29.8 Å². The molecular formula is C23H33FN4O3. The van der Waals surface area contributed by atoms with Crippen LogP contribution in [0.4, 0.5) is 4.39 Å². The van der Waals surface area contributed by atoms with Gasteiger partial charge in [-0.1, -0.05) is 17.3 Å². The highest BCUT2D eigenvalue weighted by Gasteiger charge is 2.46. The quantitative estimate of drug-likeness (QED) is 0.718. The monoisotopic (exact) mass is 432 g/mol. The minimum atomic E-state index is -0.734. The molecule has 170 valence electrons. The highest BCUT2D eigenvalue weighted by atomic mass is 19.1. The Labute approximate surface area is 183 Å². The first-order chi connectivity index (χ1) is 14.7. The minimum Gasteiger partial charge on any atom is -0.392 e. The van der Waals surface area contributed by atoms with Crippen LogP contribution in [0.25, 0.3) is 0 Å². The first-order valence-corrected chi connectivity index (χ1v) is 10.9. The van der Waals surface area contributed by atoms with Crippen molar-refractivity contribution in [2.45, 2.75) is 51.7 Å². The maximum Gasteiger partial charge on any atom is 0.228 e. The third-order valence-corrected chi connectivity index (χ3v) is 6.03. The molecule has 2 aliphatic rings. The van der Waals surface area contributed by atoms with E-state index in [0.717, 1.165) is 13.0 Å². The van der Waals surface area contributed by atoms with Crippen LogP contribution in [0.1, 0.15) is 45.1 Å². The van der Waals surface area contributed by atoms with E-state index in [4.69, 9.17) is 4.84 Å². The van der Waals surface area contributed by atoms with Gasteiger partial charge in [0.1, 0.15) is 11.9 Å². The lowest BCUT2D eigenvalue weighted by Crippen LogP contribution is -2.56. The van der Waals surface area contributed by atoms with E-state index in [0.29, 0.717) is 43.6 Å². The fourth-order valence-corrected chi connectivity index (χ4v) is 4.63. The zero-order valence-electron chi connectivity index (χ0n) is 18.9. The SMILES string of the molecule is CC(=O)N1CCC[C@](C[C@H]2CC(c3cccc(F)c3)=NO2)(C(=O)N[C@H](C)CN(C)C)C1. The number of hydrogen-bond acceptors (Lipinski definition) is 5. The number of hydrogen-bond donors (Lipinski definition) is 1. The lowest BCUT2D eigenvalue weighted by Gasteiger charge is -2.42. The summed E-state index contributed by atoms with van der Waals surface area (Å²) in [5, 5.41) is 7.31. The maximum absolute atomic E-state index is 13.6. The third-order valence-electron chi connectivity index (χ3n) is 6.03. The van der Waals surface area contributed by atoms with Crippen molar-refractivity contribution in [2.75, 3.05) is 33.7 Å². The van der Waals surface area contributed by atoms with Gasteiger partial charge < -0.3 is 20.0 Å². The van der Waals surface area contributed by atoms with Crippen molar-refractivity contribution in [3.63, 3.8) is 0 Å². The normalized spacial score (nSPS) is 24.5. The van der Waals surface area contributed by atoms with Crippen molar-refractivity contribution in [1.82, 2.24) is 15.1 Å². The lowest BCUT2D eigenvalue weighted by atomic mass is 9.73. The van der Waals surface area contributed by atoms with Crippen LogP contribution >= 0.6 is 0 Å². The van der Waals surface area contributed by atoms with Crippen molar-refractivity contribution in [3.8, 4) is 0 Å². The van der Waals surface area contributed by atoms with Gasteiger partial charge in [-0.3, -0.25) is 9.59 Å². The van der Waals surface area contributed by atoms with Crippen LogP contribution in [0.15, 0.2) is 29.4 Å². The van der Waals surface area contributed by atoms with Crippen LogP contribution in [-0.4, -0.2) is 73.2 Å². The molecule has 1 fully saturated rings. The van der Waals surface area contributed by atoms with Gasteiger partial charge in [0.25, 0.3) is 0 Å². The molecule has 2 amide bonds. The van der Waals surface area contributed by atoms with Crippen LogP contribution in [0.5, 0.6) is 0 Å². The number of oxime groups is 1. The summed E-state index contributed by atoms with van der Waals surface area (Å²) in [6.07, 6.45) is 2.12. The number of nitrogens with zero attached hydrogens (tertiary/aromatic N) is 3. The first-order valence-electron chi connectivity index (χ1n) is 10.9. The van der Waals surface area contributed by atoms with E-state index < -0.39 is 5.41 Å². The average Bonchev–Trinajstić information content (AvgIpc) is 3.15. The van der Waals surface area contributed by atoms with Crippen LogP contribution < -0.4 is 5.32 Å². The van der Waals surface area contributed by atoms with Gasteiger partial charge in [0, 0.05) is 51.0 Å². The largest absolute Gasteiger partial charge is 0.392 e. The standard InChI is InChI=1S/C23H33FN4O3/c1-16(14-27(3)4)25-22(30)23(9-6-10-28(15-23)17(2)29)13-20-12-21(26-31-20)18-7-5-8-19(24)11-18/h5,7-8,11,16,20H,6,9-10,12-15H2,1-4H3,(H,25,30)/t16-,20-,23-/m1/s1. The van der Waals surface area contributed by atoms with Crippen LogP contribution in [0.3, 0.4) is 0 Å². The van der Waals surface area contributed by atoms with E-state index in [1.54, 1.807) is 24.0 Å². The number of carbonyl (C=O) groups excluding carboxylic acids is 2. The van der Waals surface area contributed by atoms with Crippen molar-refractivity contribution in [2.24, 2.45) is 10.6 Å². The Morgan fingerprint density at radius 1 is 1.42 bits per heavy atom. The van der Waals surface area contributed by atoms with Crippen molar-refractivity contribution in [1.29, 1.82) is 0 Å². The van der Waals surface area contributed by atoms with Gasteiger partial charge in [-0.15, -0.1) is 0 Å². The summed E-state index contributed by atoms with van der Waals surface area (Å²) in [7, 11) is 3.93. The van der Waals surface area contributed by atoms with Gasteiger partial charge in [0.15, 0.2) is 0 Å². The number of likely N-dealkylation sites (tertiary alicyclic amines) is 1. The highest BCUT2D eigenvalue weighted by molar-refractivity contribution is 6.01. The molecular weight excluding hydrogens is 399 g/mol. The van der Waals surface area contributed by atoms with Crippen LogP contribution in [0, 0.1) is 11.2 Å². The molecule has 2 heterocycles. The van der Waals surface area contributed by atoms with Crippen molar-refractivity contribution in [3.05, 3.63) is 35.6 Å². The molecule has 8 heteroatoms. The molecule has 0 aromatic heterocycles. The summed E-state index contributed by atoms with van der Waals surface area (Å²) in [6, 6.07) is 6.26. The number of rotatable bonds is 7. The first kappa shape index (κ1) is 23.2. The second-order valence-electron chi connectivity index (χ2n) is 9.15. The lowest BCUT2D eigenvalue weighted by molar-refractivity contribution is -0.143. The molecule has 1 aromatic rings. The summed E-state index contributed by atoms with van der Waals surface area (Å²) in [4.78, 5) is 35.0. The van der Waals surface area contributed by atoms with Gasteiger partial charge in [0.2, 0.25) is 11.8 Å². The summed E-state index contributed by atoms with van der Waals surface area (Å²) in [6.45, 7) is 5.28. The number of carbonyl (C=O) groups is 2. The second-order valence-corrected chi connectivity index (χ2v) is 9.15. The molecule has 31 heavy (non-hydrogen) atoms. The molecule has 3 atom stereocenters. The molecule has 0 bridgehead atoms. The molecule has 0 saturated carbocycles. The van der Waals surface area contributed by atoms with Gasteiger partial charge >= 0.3 is 0 Å². The zero-order valence-corrected chi connectivity index (χ0v) is 18.9. The topological polar surface area (TPSA) is 74.2 Å². The molecule has 1 saturated heterocycles. The number of likely N-dealkylation sites (N-methyl/N-ethyl adjacent to an activating group) is 1. The fourth-order valence-electron chi connectivity index (χ4n) is 4.63. The summed E-state index contributed by atoms with van der Waals surface area (Å²) >= 11 is 0. The summed E-state index contributed by atoms with van der Waals surface area (Å²) in [5.41, 5.74) is 0.636. The molecule has 3 rings (SSSR count). The second kappa shape index (κ2) is 9.77. The fraction of sp³-hybridized carbons (Fsp3) is 0.609. The zero-order chi connectivity index (χ0) is 22.6. The number of halogens is 1. The predicted octanol–water partition coefficient (Wildman–Crippen LogP) is 2.40. The predicted molar refractivity (Wildman–Crippen MR) is 117 cm³/mol. The summed E-state index contributed by atoms with van der Waals surface area (Å²) < 4.78 is 13.6. The van der Waals surface area contributed by atoms with Crippen LogP contribution in [0.2, 0.25) is 0 Å². The van der Waals surface area contributed by atoms with Gasteiger partial charge in [-0.25, -0.2) is 4.39 Å². The Balaban J connectivity index is 1.74.